The molecular formula is C14H14FN3O2. The fourth-order valence-electron chi connectivity index (χ4n) is 1.67. The highest BCUT2D eigenvalue weighted by atomic mass is 19.1. The zero-order valence-electron chi connectivity index (χ0n) is 11.0. The minimum atomic E-state index is -0.595. The first-order chi connectivity index (χ1) is 9.70. The number of hydrogen-bond acceptors (Lipinski definition) is 5. The first-order valence-electron chi connectivity index (χ1n) is 6.09. The zero-order chi connectivity index (χ0) is 14.4. The van der Waals surface area contributed by atoms with Gasteiger partial charge in [0.1, 0.15) is 11.6 Å². The lowest BCUT2D eigenvalue weighted by Gasteiger charge is -2.07. The standard InChI is InChI=1S/C14H14FN3O2/c1-20-14(19)13-17-9-7-12(18-13)16-8-6-10-4-2-3-5-11(10)15/h2-5,7,9H,6,8H2,1H3,(H,16,17,18). The lowest BCUT2D eigenvalue weighted by Crippen LogP contribution is -2.11. The molecule has 1 aromatic carbocycles. The Morgan fingerprint density at radius 3 is 2.90 bits per heavy atom. The average molecular weight is 275 g/mol. The fraction of sp³-hybridized carbons (Fsp3) is 0.214. The highest BCUT2D eigenvalue weighted by Gasteiger charge is 2.09. The molecule has 0 spiro atoms. The molecule has 0 amide bonds. The summed E-state index contributed by atoms with van der Waals surface area (Å²) < 4.78 is 18.0. The van der Waals surface area contributed by atoms with Gasteiger partial charge in [-0.25, -0.2) is 19.2 Å². The van der Waals surface area contributed by atoms with Crippen molar-refractivity contribution >= 4 is 11.8 Å². The van der Waals surface area contributed by atoms with E-state index in [2.05, 4.69) is 20.0 Å². The number of carbonyl (C=O) groups is 1. The molecule has 1 heterocycles. The van der Waals surface area contributed by atoms with Gasteiger partial charge in [-0.15, -0.1) is 0 Å². The van der Waals surface area contributed by atoms with Crippen LogP contribution in [0.1, 0.15) is 16.2 Å². The molecule has 0 bridgehead atoms. The molecule has 0 aliphatic rings. The molecule has 1 aromatic heterocycles. The minimum Gasteiger partial charge on any atom is -0.463 e. The third kappa shape index (κ3) is 3.50. The number of hydrogen-bond donors (Lipinski definition) is 1. The average Bonchev–Trinajstić information content (AvgIpc) is 2.49. The Morgan fingerprint density at radius 1 is 1.35 bits per heavy atom. The van der Waals surface area contributed by atoms with Crippen molar-refractivity contribution in [3.8, 4) is 0 Å². The monoisotopic (exact) mass is 275 g/mol. The molecule has 0 aliphatic carbocycles. The summed E-state index contributed by atoms with van der Waals surface area (Å²) in [7, 11) is 1.27. The number of aromatic nitrogens is 2. The molecule has 0 saturated heterocycles. The maximum Gasteiger partial charge on any atom is 0.376 e. The van der Waals surface area contributed by atoms with Crippen molar-refractivity contribution in [1.82, 2.24) is 9.97 Å². The smallest absolute Gasteiger partial charge is 0.376 e. The number of nitrogens with zero attached hydrogens (tertiary/aromatic N) is 2. The fourth-order valence-corrected chi connectivity index (χ4v) is 1.67. The van der Waals surface area contributed by atoms with Crippen molar-refractivity contribution < 1.29 is 13.9 Å². The van der Waals surface area contributed by atoms with Crippen molar-refractivity contribution in [3.05, 3.63) is 53.7 Å². The molecule has 2 rings (SSSR count). The predicted molar refractivity (Wildman–Crippen MR) is 72.0 cm³/mol. The van der Waals surface area contributed by atoms with E-state index in [1.165, 1.54) is 19.4 Å². The van der Waals surface area contributed by atoms with Crippen LogP contribution < -0.4 is 5.32 Å². The van der Waals surface area contributed by atoms with Crippen LogP contribution in [0.5, 0.6) is 0 Å². The van der Waals surface area contributed by atoms with Crippen LogP contribution in [0, 0.1) is 5.82 Å². The van der Waals surface area contributed by atoms with E-state index in [1.807, 2.05) is 0 Å². The molecule has 1 N–H and O–H groups in total. The third-order valence-electron chi connectivity index (χ3n) is 2.68. The van der Waals surface area contributed by atoms with Gasteiger partial charge in [0.15, 0.2) is 0 Å². The highest BCUT2D eigenvalue weighted by molar-refractivity contribution is 5.85. The molecule has 104 valence electrons. The predicted octanol–water partition coefficient (Wildman–Crippen LogP) is 2.06. The number of ether oxygens (including phenoxy) is 1. The Morgan fingerprint density at radius 2 is 2.15 bits per heavy atom. The Kier molecular flexibility index (Phi) is 4.60. The van der Waals surface area contributed by atoms with Crippen molar-refractivity contribution in [2.24, 2.45) is 0 Å². The maximum atomic E-state index is 13.4. The van der Waals surface area contributed by atoms with E-state index in [0.717, 1.165) is 0 Å². The normalized spacial score (nSPS) is 10.1. The Labute approximate surface area is 115 Å². The second-order valence-corrected chi connectivity index (χ2v) is 4.03. The summed E-state index contributed by atoms with van der Waals surface area (Å²) in [6.45, 7) is 0.499. The van der Waals surface area contributed by atoms with Gasteiger partial charge in [-0.2, -0.15) is 0 Å². The molecule has 0 aliphatic heterocycles. The van der Waals surface area contributed by atoms with Crippen LogP contribution in [-0.2, 0) is 11.2 Å². The summed E-state index contributed by atoms with van der Waals surface area (Å²) in [5, 5.41) is 3.01. The van der Waals surface area contributed by atoms with Gasteiger partial charge in [-0.3, -0.25) is 0 Å². The van der Waals surface area contributed by atoms with Crippen LogP contribution in [0.4, 0.5) is 10.2 Å². The lowest BCUT2D eigenvalue weighted by molar-refractivity contribution is 0.0587. The van der Waals surface area contributed by atoms with Crippen molar-refractivity contribution in [3.63, 3.8) is 0 Å². The van der Waals surface area contributed by atoms with Gasteiger partial charge in [-0.1, -0.05) is 18.2 Å². The van der Waals surface area contributed by atoms with E-state index >= 15 is 0 Å². The Bertz CT molecular complexity index is 604. The maximum absolute atomic E-state index is 13.4. The third-order valence-corrected chi connectivity index (χ3v) is 2.68. The summed E-state index contributed by atoms with van der Waals surface area (Å²) >= 11 is 0. The molecular weight excluding hydrogens is 261 g/mol. The second kappa shape index (κ2) is 6.60. The summed E-state index contributed by atoms with van der Waals surface area (Å²) in [4.78, 5) is 19.1. The number of anilines is 1. The van der Waals surface area contributed by atoms with Gasteiger partial charge in [0, 0.05) is 12.7 Å². The molecule has 0 fully saturated rings. The molecule has 5 nitrogen and oxygen atoms in total. The summed E-state index contributed by atoms with van der Waals surface area (Å²) in [6, 6.07) is 8.23. The van der Waals surface area contributed by atoms with Crippen LogP contribution in [0.2, 0.25) is 0 Å². The number of esters is 1. The number of carbonyl (C=O) groups excluding carboxylic acids is 1. The SMILES string of the molecule is COC(=O)c1nccc(NCCc2ccccc2F)n1. The van der Waals surface area contributed by atoms with E-state index in [0.29, 0.717) is 24.3 Å². The quantitative estimate of drug-likeness (QED) is 0.846. The molecule has 20 heavy (non-hydrogen) atoms. The first kappa shape index (κ1) is 13.9. The largest absolute Gasteiger partial charge is 0.463 e. The van der Waals surface area contributed by atoms with E-state index in [4.69, 9.17) is 0 Å². The second-order valence-electron chi connectivity index (χ2n) is 4.03. The highest BCUT2D eigenvalue weighted by Crippen LogP contribution is 2.08. The van der Waals surface area contributed by atoms with Gasteiger partial charge in [0.25, 0.3) is 0 Å². The van der Waals surface area contributed by atoms with Gasteiger partial charge in [0.05, 0.1) is 7.11 Å². The molecule has 0 unspecified atom stereocenters. The Hall–Kier alpha value is -2.50. The van der Waals surface area contributed by atoms with E-state index in [1.54, 1.807) is 24.3 Å². The lowest BCUT2D eigenvalue weighted by atomic mass is 10.1. The summed E-state index contributed by atoms with van der Waals surface area (Å²) in [5.41, 5.74) is 0.627. The van der Waals surface area contributed by atoms with E-state index in [9.17, 15) is 9.18 Å². The first-order valence-corrected chi connectivity index (χ1v) is 6.09. The van der Waals surface area contributed by atoms with E-state index < -0.39 is 5.97 Å². The van der Waals surface area contributed by atoms with Crippen LogP contribution >= 0.6 is 0 Å². The van der Waals surface area contributed by atoms with E-state index in [-0.39, 0.29) is 11.6 Å². The van der Waals surface area contributed by atoms with Crippen molar-refractivity contribution in [1.29, 1.82) is 0 Å². The number of nitrogens with one attached hydrogen (secondary N) is 1. The van der Waals surface area contributed by atoms with Crippen LogP contribution in [-0.4, -0.2) is 29.6 Å². The van der Waals surface area contributed by atoms with Gasteiger partial charge >= 0.3 is 5.97 Å². The van der Waals surface area contributed by atoms with Crippen LogP contribution in [0.3, 0.4) is 0 Å². The summed E-state index contributed by atoms with van der Waals surface area (Å²) in [6.07, 6.45) is 1.98. The Balaban J connectivity index is 1.94. The minimum absolute atomic E-state index is 0.0107. The van der Waals surface area contributed by atoms with Crippen molar-refractivity contribution in [2.75, 3.05) is 19.0 Å². The number of halogens is 1. The number of rotatable bonds is 5. The van der Waals surface area contributed by atoms with Gasteiger partial charge in [-0.05, 0) is 24.1 Å². The van der Waals surface area contributed by atoms with Crippen LogP contribution in [0.25, 0.3) is 0 Å². The molecule has 0 atom stereocenters. The van der Waals surface area contributed by atoms with Gasteiger partial charge in [0.2, 0.25) is 5.82 Å². The molecule has 6 heteroatoms. The molecule has 0 radical (unpaired) electrons. The number of benzene rings is 1. The molecule has 0 saturated carbocycles. The summed E-state index contributed by atoms with van der Waals surface area (Å²) in [5.74, 6) is -0.338. The van der Waals surface area contributed by atoms with Crippen LogP contribution in [0.15, 0.2) is 36.5 Å². The number of methoxy groups -OCH3 is 1. The van der Waals surface area contributed by atoms with Gasteiger partial charge < -0.3 is 10.1 Å². The zero-order valence-corrected chi connectivity index (χ0v) is 11.0. The topological polar surface area (TPSA) is 64.1 Å². The van der Waals surface area contributed by atoms with Crippen molar-refractivity contribution in [2.45, 2.75) is 6.42 Å². The molecule has 2 aromatic rings.